The number of hydrogen-bond donors (Lipinski definition) is 0. The van der Waals surface area contributed by atoms with Crippen molar-refractivity contribution in [1.29, 1.82) is 5.26 Å². The summed E-state index contributed by atoms with van der Waals surface area (Å²) in [5.74, 6) is -0.495. The molecule has 0 N–H and O–H groups in total. The molecule has 0 bridgehead atoms. The minimum atomic E-state index is -0.495. The molecule has 3 aromatic rings. The summed E-state index contributed by atoms with van der Waals surface area (Å²) < 4.78 is 8.49. The third-order valence-corrected chi connectivity index (χ3v) is 3.55. The number of rotatable bonds is 4. The van der Waals surface area contributed by atoms with Crippen molar-refractivity contribution in [2.75, 3.05) is 0 Å². The Labute approximate surface area is 138 Å². The number of para-hydroxylation sites is 1. The number of nitriles is 1. The van der Waals surface area contributed by atoms with Gasteiger partial charge < -0.3 is 4.74 Å². The molecular formula is C17H15N5O2. The molecule has 0 aliphatic heterocycles. The van der Waals surface area contributed by atoms with Crippen LogP contribution in [0.25, 0.3) is 5.69 Å². The fourth-order valence-corrected chi connectivity index (χ4v) is 2.38. The lowest BCUT2D eigenvalue weighted by atomic mass is 10.2. The van der Waals surface area contributed by atoms with Crippen LogP contribution >= 0.6 is 0 Å². The highest BCUT2D eigenvalue weighted by molar-refractivity contribution is 5.88. The zero-order valence-corrected chi connectivity index (χ0v) is 13.3. The second-order valence-corrected chi connectivity index (χ2v) is 5.25. The predicted octanol–water partition coefficient (Wildman–Crippen LogP) is 2.14. The Morgan fingerprint density at radius 1 is 1.33 bits per heavy atom. The van der Waals surface area contributed by atoms with Crippen LogP contribution in [0.15, 0.2) is 42.7 Å². The van der Waals surface area contributed by atoms with Gasteiger partial charge in [0, 0.05) is 13.2 Å². The van der Waals surface area contributed by atoms with Crippen molar-refractivity contribution in [3.63, 3.8) is 0 Å². The quantitative estimate of drug-likeness (QED) is 0.687. The van der Waals surface area contributed by atoms with E-state index in [2.05, 4.69) is 16.3 Å². The number of esters is 1. The topological polar surface area (TPSA) is 85.7 Å². The molecule has 120 valence electrons. The summed E-state index contributed by atoms with van der Waals surface area (Å²) in [5.41, 5.74) is 2.71. The average Bonchev–Trinajstić information content (AvgIpc) is 3.16. The first-order valence-electron chi connectivity index (χ1n) is 7.30. The molecule has 0 radical (unpaired) electrons. The summed E-state index contributed by atoms with van der Waals surface area (Å²) in [6.07, 6.45) is 3.01. The number of nitrogens with zero attached hydrogens (tertiary/aromatic N) is 5. The summed E-state index contributed by atoms with van der Waals surface area (Å²) in [7, 11) is 1.72. The molecule has 0 aliphatic carbocycles. The summed E-state index contributed by atoms with van der Waals surface area (Å²) in [4.78, 5) is 12.1. The molecule has 2 aromatic heterocycles. The van der Waals surface area contributed by atoms with E-state index in [1.807, 2.05) is 30.3 Å². The lowest BCUT2D eigenvalue weighted by Crippen LogP contribution is -2.09. The predicted molar refractivity (Wildman–Crippen MR) is 85.3 cm³/mol. The van der Waals surface area contributed by atoms with Gasteiger partial charge in [0.25, 0.3) is 0 Å². The zero-order chi connectivity index (χ0) is 17.1. The first kappa shape index (κ1) is 15.5. The third kappa shape index (κ3) is 2.90. The molecule has 0 amide bonds. The SMILES string of the molecule is Cc1nn(-c2ccccc2)c(COC(=O)c2cnn(C)c2)c1C#N. The summed E-state index contributed by atoms with van der Waals surface area (Å²) >= 11 is 0. The van der Waals surface area contributed by atoms with E-state index in [0.29, 0.717) is 22.5 Å². The Balaban J connectivity index is 1.90. The van der Waals surface area contributed by atoms with Crippen molar-refractivity contribution in [3.05, 3.63) is 65.2 Å². The van der Waals surface area contributed by atoms with Gasteiger partial charge in [-0.05, 0) is 19.1 Å². The van der Waals surface area contributed by atoms with E-state index in [1.54, 1.807) is 24.9 Å². The Morgan fingerprint density at radius 2 is 2.08 bits per heavy atom. The van der Waals surface area contributed by atoms with E-state index in [-0.39, 0.29) is 6.61 Å². The van der Waals surface area contributed by atoms with Gasteiger partial charge in [-0.3, -0.25) is 4.68 Å². The Morgan fingerprint density at radius 3 is 2.71 bits per heavy atom. The van der Waals surface area contributed by atoms with Crippen LogP contribution < -0.4 is 0 Å². The molecule has 0 atom stereocenters. The molecule has 3 rings (SSSR count). The number of aromatic nitrogens is 4. The van der Waals surface area contributed by atoms with Gasteiger partial charge in [-0.15, -0.1) is 0 Å². The van der Waals surface area contributed by atoms with Crippen molar-refractivity contribution in [2.45, 2.75) is 13.5 Å². The van der Waals surface area contributed by atoms with Crippen molar-refractivity contribution >= 4 is 5.97 Å². The first-order chi connectivity index (χ1) is 11.6. The summed E-state index contributed by atoms with van der Waals surface area (Å²) in [6.45, 7) is 1.71. The fraction of sp³-hybridized carbons (Fsp3) is 0.176. The average molecular weight is 321 g/mol. The standard InChI is InChI=1S/C17H15N5O2/c1-12-15(8-18)16(22(20-12)14-6-4-3-5-7-14)11-24-17(23)13-9-19-21(2)10-13/h3-7,9-10H,11H2,1-2H3. The molecule has 0 aliphatic rings. The van der Waals surface area contributed by atoms with Gasteiger partial charge in [0.1, 0.15) is 18.2 Å². The minimum Gasteiger partial charge on any atom is -0.455 e. The van der Waals surface area contributed by atoms with Crippen molar-refractivity contribution in [3.8, 4) is 11.8 Å². The van der Waals surface area contributed by atoms with Gasteiger partial charge in [-0.1, -0.05) is 18.2 Å². The molecular weight excluding hydrogens is 306 g/mol. The van der Waals surface area contributed by atoms with Crippen LogP contribution in [0, 0.1) is 18.3 Å². The molecule has 0 saturated carbocycles. The highest BCUT2D eigenvalue weighted by Crippen LogP contribution is 2.19. The maximum atomic E-state index is 12.1. The van der Waals surface area contributed by atoms with Gasteiger partial charge in [-0.25, -0.2) is 9.48 Å². The number of aryl methyl sites for hydroxylation is 2. The number of benzene rings is 1. The van der Waals surface area contributed by atoms with E-state index in [9.17, 15) is 10.1 Å². The largest absolute Gasteiger partial charge is 0.455 e. The van der Waals surface area contributed by atoms with Crippen LogP contribution in [0.2, 0.25) is 0 Å². The van der Waals surface area contributed by atoms with Gasteiger partial charge in [0.2, 0.25) is 0 Å². The number of hydrogen-bond acceptors (Lipinski definition) is 5. The second-order valence-electron chi connectivity index (χ2n) is 5.25. The highest BCUT2D eigenvalue weighted by atomic mass is 16.5. The minimum absolute atomic E-state index is 0.0493. The molecule has 0 fully saturated rings. The van der Waals surface area contributed by atoms with E-state index in [4.69, 9.17) is 4.74 Å². The van der Waals surface area contributed by atoms with Gasteiger partial charge in [0.05, 0.1) is 28.8 Å². The van der Waals surface area contributed by atoms with Crippen molar-refractivity contribution in [1.82, 2.24) is 19.6 Å². The fourth-order valence-electron chi connectivity index (χ4n) is 2.38. The monoisotopic (exact) mass is 321 g/mol. The van der Waals surface area contributed by atoms with Crippen LogP contribution in [0.3, 0.4) is 0 Å². The first-order valence-corrected chi connectivity index (χ1v) is 7.30. The zero-order valence-electron chi connectivity index (χ0n) is 13.3. The number of ether oxygens (including phenoxy) is 1. The molecule has 24 heavy (non-hydrogen) atoms. The molecule has 2 heterocycles. The van der Waals surface area contributed by atoms with E-state index >= 15 is 0 Å². The Kier molecular flexibility index (Phi) is 4.12. The lowest BCUT2D eigenvalue weighted by Gasteiger charge is -2.08. The summed E-state index contributed by atoms with van der Waals surface area (Å²) in [6, 6.07) is 11.5. The summed E-state index contributed by atoms with van der Waals surface area (Å²) in [5, 5.41) is 17.7. The van der Waals surface area contributed by atoms with Crippen LogP contribution in [0.5, 0.6) is 0 Å². The van der Waals surface area contributed by atoms with Crippen LogP contribution in [-0.2, 0) is 18.4 Å². The molecule has 1 aromatic carbocycles. The van der Waals surface area contributed by atoms with E-state index in [0.717, 1.165) is 5.69 Å². The maximum absolute atomic E-state index is 12.1. The maximum Gasteiger partial charge on any atom is 0.341 e. The smallest absolute Gasteiger partial charge is 0.341 e. The van der Waals surface area contributed by atoms with E-state index in [1.165, 1.54) is 10.9 Å². The van der Waals surface area contributed by atoms with Gasteiger partial charge in [-0.2, -0.15) is 15.5 Å². The lowest BCUT2D eigenvalue weighted by molar-refractivity contribution is 0.0464. The van der Waals surface area contributed by atoms with Crippen LogP contribution in [0.1, 0.15) is 27.3 Å². The normalized spacial score (nSPS) is 10.4. The van der Waals surface area contributed by atoms with Crippen molar-refractivity contribution < 1.29 is 9.53 Å². The molecule has 0 saturated heterocycles. The van der Waals surface area contributed by atoms with E-state index < -0.39 is 5.97 Å². The Hall–Kier alpha value is -3.40. The molecule has 0 unspecified atom stereocenters. The van der Waals surface area contributed by atoms with Gasteiger partial charge >= 0.3 is 5.97 Å². The number of carbonyl (C=O) groups excluding carboxylic acids is 1. The van der Waals surface area contributed by atoms with Gasteiger partial charge in [0.15, 0.2) is 0 Å². The third-order valence-electron chi connectivity index (χ3n) is 3.55. The number of carbonyl (C=O) groups is 1. The van der Waals surface area contributed by atoms with Crippen LogP contribution in [0.4, 0.5) is 0 Å². The van der Waals surface area contributed by atoms with Crippen molar-refractivity contribution in [2.24, 2.45) is 7.05 Å². The molecule has 7 nitrogen and oxygen atoms in total. The Bertz CT molecular complexity index is 918. The molecule has 7 heteroatoms. The van der Waals surface area contributed by atoms with Crippen LogP contribution in [-0.4, -0.2) is 25.5 Å². The highest BCUT2D eigenvalue weighted by Gasteiger charge is 2.19. The molecule has 0 spiro atoms. The second kappa shape index (κ2) is 6.38.